The summed E-state index contributed by atoms with van der Waals surface area (Å²) in [6.45, 7) is 1.21. The quantitative estimate of drug-likeness (QED) is 0.808. The third-order valence-corrected chi connectivity index (χ3v) is 6.11. The summed E-state index contributed by atoms with van der Waals surface area (Å²) in [5, 5.41) is 3.04. The van der Waals surface area contributed by atoms with Gasteiger partial charge in [-0.15, -0.1) is 0 Å². The van der Waals surface area contributed by atoms with Crippen molar-refractivity contribution in [1.82, 2.24) is 9.29 Å². The van der Waals surface area contributed by atoms with Crippen LogP contribution in [-0.2, 0) is 14.8 Å². The predicted octanol–water partition coefficient (Wildman–Crippen LogP) is 2.02. The Morgan fingerprint density at radius 1 is 1.26 bits per heavy atom. The van der Waals surface area contributed by atoms with Crippen LogP contribution in [0.4, 0.5) is 5.82 Å². The Balaban J connectivity index is 1.91. The van der Waals surface area contributed by atoms with E-state index in [1.807, 2.05) is 0 Å². The number of carbonyl (C=O) groups is 1. The first-order chi connectivity index (χ1) is 12.9. The van der Waals surface area contributed by atoms with Gasteiger partial charge in [-0.05, 0) is 30.3 Å². The first-order valence-corrected chi connectivity index (χ1v) is 9.92. The molecule has 0 aliphatic carbocycles. The Morgan fingerprint density at radius 2 is 2.00 bits per heavy atom. The van der Waals surface area contributed by atoms with Gasteiger partial charge in [0.25, 0.3) is 5.91 Å². The fourth-order valence-corrected chi connectivity index (χ4v) is 4.14. The number of aromatic nitrogens is 1. The average molecular weight is 412 g/mol. The second-order valence-corrected chi connectivity index (χ2v) is 8.07. The molecule has 0 bridgehead atoms. The lowest BCUT2D eigenvalue weighted by Crippen LogP contribution is -2.40. The summed E-state index contributed by atoms with van der Waals surface area (Å²) in [6, 6.07) is 7.30. The van der Waals surface area contributed by atoms with E-state index in [4.69, 9.17) is 21.1 Å². The van der Waals surface area contributed by atoms with Crippen LogP contribution in [0.1, 0.15) is 10.4 Å². The van der Waals surface area contributed by atoms with Crippen molar-refractivity contribution in [2.24, 2.45) is 0 Å². The van der Waals surface area contributed by atoms with E-state index in [2.05, 4.69) is 10.3 Å². The minimum absolute atomic E-state index is 0.0133. The summed E-state index contributed by atoms with van der Waals surface area (Å²) in [7, 11) is -2.33. The average Bonchev–Trinajstić information content (AvgIpc) is 2.69. The van der Waals surface area contributed by atoms with Gasteiger partial charge in [0.1, 0.15) is 11.6 Å². The minimum Gasteiger partial charge on any atom is -0.496 e. The zero-order chi connectivity index (χ0) is 19.4. The van der Waals surface area contributed by atoms with Gasteiger partial charge in [-0.2, -0.15) is 4.31 Å². The Labute approximate surface area is 162 Å². The fraction of sp³-hybridized carbons (Fsp3) is 0.294. The summed E-state index contributed by atoms with van der Waals surface area (Å²) < 4.78 is 37.4. The van der Waals surface area contributed by atoms with Crippen molar-refractivity contribution in [3.63, 3.8) is 0 Å². The highest BCUT2D eigenvalue weighted by molar-refractivity contribution is 7.89. The zero-order valence-electron chi connectivity index (χ0n) is 14.5. The maximum Gasteiger partial charge on any atom is 0.260 e. The van der Waals surface area contributed by atoms with Gasteiger partial charge in [-0.25, -0.2) is 13.4 Å². The van der Waals surface area contributed by atoms with Gasteiger partial charge in [-0.1, -0.05) is 11.6 Å². The largest absolute Gasteiger partial charge is 0.496 e. The number of sulfonamides is 1. The summed E-state index contributed by atoms with van der Waals surface area (Å²) in [6.07, 6.45) is 1.40. The predicted molar refractivity (Wildman–Crippen MR) is 99.8 cm³/mol. The molecule has 0 spiro atoms. The van der Waals surface area contributed by atoms with Crippen LogP contribution < -0.4 is 10.1 Å². The molecular formula is C17H18ClN3O5S. The Hall–Kier alpha value is -2.20. The topological polar surface area (TPSA) is 97.8 Å². The second kappa shape index (κ2) is 8.22. The SMILES string of the molecule is COc1ccc(S(=O)(=O)N2CCOCC2)cc1C(=O)Nc1ccc(Cl)cn1. The highest BCUT2D eigenvalue weighted by Gasteiger charge is 2.28. The summed E-state index contributed by atoms with van der Waals surface area (Å²) >= 11 is 5.78. The lowest BCUT2D eigenvalue weighted by molar-refractivity contribution is 0.0730. The molecular weight excluding hydrogens is 394 g/mol. The molecule has 1 aromatic heterocycles. The van der Waals surface area contributed by atoms with E-state index in [0.29, 0.717) is 18.2 Å². The van der Waals surface area contributed by atoms with Crippen LogP contribution in [0.25, 0.3) is 0 Å². The molecule has 8 nitrogen and oxygen atoms in total. The van der Waals surface area contributed by atoms with E-state index in [1.54, 1.807) is 12.1 Å². The molecule has 27 heavy (non-hydrogen) atoms. The molecule has 144 valence electrons. The van der Waals surface area contributed by atoms with Crippen molar-refractivity contribution in [2.45, 2.75) is 4.90 Å². The van der Waals surface area contributed by atoms with Crippen molar-refractivity contribution < 1.29 is 22.7 Å². The number of nitrogens with one attached hydrogen (secondary N) is 1. The molecule has 0 saturated carbocycles. The number of ether oxygens (including phenoxy) is 2. The molecule has 2 aromatic rings. The Morgan fingerprint density at radius 3 is 2.63 bits per heavy atom. The molecule has 0 unspecified atom stereocenters. The molecule has 0 atom stereocenters. The van der Waals surface area contributed by atoms with Crippen molar-refractivity contribution in [2.75, 3.05) is 38.7 Å². The van der Waals surface area contributed by atoms with Gasteiger partial charge in [-0.3, -0.25) is 4.79 Å². The number of carbonyl (C=O) groups excluding carboxylic acids is 1. The van der Waals surface area contributed by atoms with E-state index in [0.717, 1.165) is 0 Å². The van der Waals surface area contributed by atoms with E-state index in [1.165, 1.54) is 35.8 Å². The number of rotatable bonds is 5. The van der Waals surface area contributed by atoms with Gasteiger partial charge >= 0.3 is 0 Å². The lowest BCUT2D eigenvalue weighted by atomic mass is 10.2. The van der Waals surface area contributed by atoms with E-state index < -0.39 is 15.9 Å². The van der Waals surface area contributed by atoms with Gasteiger partial charge in [0, 0.05) is 19.3 Å². The summed E-state index contributed by atoms with van der Waals surface area (Å²) in [4.78, 5) is 16.7. The van der Waals surface area contributed by atoms with E-state index >= 15 is 0 Å². The van der Waals surface area contributed by atoms with Gasteiger partial charge in [0.15, 0.2) is 0 Å². The monoisotopic (exact) mass is 411 g/mol. The summed E-state index contributed by atoms with van der Waals surface area (Å²) in [5.74, 6) is -0.00372. The Bertz CT molecular complexity index is 928. The van der Waals surface area contributed by atoms with Crippen LogP contribution in [0.3, 0.4) is 0 Å². The molecule has 10 heteroatoms. The van der Waals surface area contributed by atoms with Gasteiger partial charge in [0.05, 0.1) is 35.8 Å². The van der Waals surface area contributed by atoms with Gasteiger partial charge < -0.3 is 14.8 Å². The number of amides is 1. The van der Waals surface area contributed by atoms with Crippen LogP contribution >= 0.6 is 11.6 Å². The number of morpholine rings is 1. The summed E-state index contributed by atoms with van der Waals surface area (Å²) in [5.41, 5.74) is 0.0867. The van der Waals surface area contributed by atoms with E-state index in [-0.39, 0.29) is 35.1 Å². The zero-order valence-corrected chi connectivity index (χ0v) is 16.1. The van der Waals surface area contributed by atoms with Crippen LogP contribution in [0.5, 0.6) is 5.75 Å². The second-order valence-electron chi connectivity index (χ2n) is 5.69. The van der Waals surface area contributed by atoms with Crippen LogP contribution in [0.2, 0.25) is 5.02 Å². The first-order valence-electron chi connectivity index (χ1n) is 8.10. The molecule has 1 aliphatic rings. The number of nitrogens with zero attached hydrogens (tertiary/aromatic N) is 2. The van der Waals surface area contributed by atoms with Crippen LogP contribution in [0.15, 0.2) is 41.4 Å². The number of halogens is 1. The molecule has 1 saturated heterocycles. The minimum atomic E-state index is -3.74. The highest BCUT2D eigenvalue weighted by Crippen LogP contribution is 2.26. The van der Waals surface area contributed by atoms with Crippen LogP contribution in [0, 0.1) is 0 Å². The van der Waals surface area contributed by atoms with Gasteiger partial charge in [0.2, 0.25) is 10.0 Å². The third-order valence-electron chi connectivity index (χ3n) is 3.99. The molecule has 1 N–H and O–H groups in total. The number of anilines is 1. The lowest BCUT2D eigenvalue weighted by Gasteiger charge is -2.26. The normalized spacial score (nSPS) is 15.3. The maximum atomic E-state index is 12.8. The molecule has 1 amide bonds. The van der Waals surface area contributed by atoms with Crippen molar-refractivity contribution >= 4 is 33.3 Å². The molecule has 2 heterocycles. The van der Waals surface area contributed by atoms with E-state index in [9.17, 15) is 13.2 Å². The number of methoxy groups -OCH3 is 1. The van der Waals surface area contributed by atoms with Crippen molar-refractivity contribution in [1.29, 1.82) is 0 Å². The number of hydrogen-bond donors (Lipinski definition) is 1. The molecule has 0 radical (unpaired) electrons. The van der Waals surface area contributed by atoms with Crippen molar-refractivity contribution in [3.8, 4) is 5.75 Å². The standard InChI is InChI=1S/C17H18ClN3O5S/c1-25-15-4-3-13(27(23,24)21-6-8-26-9-7-21)10-14(15)17(22)20-16-5-2-12(18)11-19-16/h2-5,10-11H,6-9H2,1H3,(H,19,20,22). The molecule has 1 fully saturated rings. The maximum absolute atomic E-state index is 12.8. The Kier molecular flexibility index (Phi) is 5.95. The molecule has 3 rings (SSSR count). The third kappa shape index (κ3) is 4.38. The molecule has 1 aliphatic heterocycles. The first kappa shape index (κ1) is 19.6. The number of benzene rings is 1. The van der Waals surface area contributed by atoms with Crippen LogP contribution in [-0.4, -0.2) is 57.0 Å². The number of hydrogen-bond acceptors (Lipinski definition) is 6. The van der Waals surface area contributed by atoms with Crippen molar-refractivity contribution in [3.05, 3.63) is 47.1 Å². The smallest absolute Gasteiger partial charge is 0.260 e. The molecule has 1 aromatic carbocycles. The fourth-order valence-electron chi connectivity index (χ4n) is 2.59. The highest BCUT2D eigenvalue weighted by atomic mass is 35.5. The number of pyridine rings is 1.